The number of anilines is 2. The fraction of sp³-hybridized carbons (Fsp3) is 0.176. The Kier molecular flexibility index (Phi) is 4.44. The van der Waals surface area contributed by atoms with Gasteiger partial charge in [0.1, 0.15) is 6.04 Å². The normalized spacial score (nSPS) is 17.0. The summed E-state index contributed by atoms with van der Waals surface area (Å²) in [5.41, 5.74) is 7.73. The molecule has 2 amide bonds. The molecule has 3 rings (SSSR count). The van der Waals surface area contributed by atoms with Crippen molar-refractivity contribution >= 4 is 28.9 Å². The molecule has 2 N–H and O–H groups in total. The number of aryl methyl sites for hydroxylation is 1. The minimum absolute atomic E-state index is 0.0248. The summed E-state index contributed by atoms with van der Waals surface area (Å²) in [7, 11) is 0. The zero-order chi connectivity index (χ0) is 18.0. The molecule has 1 heterocycles. The molecule has 25 heavy (non-hydrogen) atoms. The minimum atomic E-state index is -0.705. The lowest BCUT2D eigenvalue weighted by molar-refractivity contribution is -0.384. The fourth-order valence-corrected chi connectivity index (χ4v) is 2.55. The van der Waals surface area contributed by atoms with Crippen molar-refractivity contribution in [1.29, 1.82) is 0 Å². The van der Waals surface area contributed by atoms with E-state index in [1.54, 1.807) is 12.1 Å². The number of imide groups is 1. The van der Waals surface area contributed by atoms with E-state index in [2.05, 4.69) is 10.9 Å². The molecule has 0 aromatic heterocycles. The number of hydrazine groups is 1. The van der Waals surface area contributed by atoms with E-state index in [-0.39, 0.29) is 23.9 Å². The molecule has 0 spiro atoms. The maximum atomic E-state index is 12.5. The summed E-state index contributed by atoms with van der Waals surface area (Å²) in [6, 6.07) is 12.2. The van der Waals surface area contributed by atoms with E-state index in [0.717, 1.165) is 10.5 Å². The molecule has 2 aromatic carbocycles. The van der Waals surface area contributed by atoms with Gasteiger partial charge in [0.05, 0.1) is 17.0 Å². The molecule has 2 aromatic rings. The van der Waals surface area contributed by atoms with Crippen molar-refractivity contribution in [3.05, 3.63) is 64.2 Å². The van der Waals surface area contributed by atoms with Gasteiger partial charge in [-0.3, -0.25) is 19.7 Å². The molecule has 0 saturated carbocycles. The van der Waals surface area contributed by atoms with Gasteiger partial charge in [0.25, 0.3) is 11.6 Å². The lowest BCUT2D eigenvalue weighted by atomic mass is 10.2. The average Bonchev–Trinajstić information content (AvgIpc) is 2.88. The average molecular weight is 340 g/mol. The van der Waals surface area contributed by atoms with E-state index in [1.807, 2.05) is 19.1 Å². The Bertz CT molecular complexity index is 818. The highest BCUT2D eigenvalue weighted by molar-refractivity contribution is 6.22. The minimum Gasteiger partial charge on any atom is -0.321 e. The van der Waals surface area contributed by atoms with E-state index < -0.39 is 11.0 Å². The van der Waals surface area contributed by atoms with Crippen LogP contribution in [0.2, 0.25) is 0 Å². The quantitative estimate of drug-likeness (QED) is 0.491. The van der Waals surface area contributed by atoms with Crippen LogP contribution in [0.25, 0.3) is 0 Å². The maximum absolute atomic E-state index is 12.5. The Morgan fingerprint density at radius 2 is 1.72 bits per heavy atom. The molecular formula is C17H16N4O4. The van der Waals surface area contributed by atoms with Gasteiger partial charge in [0, 0.05) is 17.8 Å². The van der Waals surface area contributed by atoms with Crippen LogP contribution in [0.3, 0.4) is 0 Å². The van der Waals surface area contributed by atoms with E-state index in [0.29, 0.717) is 11.4 Å². The summed E-state index contributed by atoms with van der Waals surface area (Å²) in [4.78, 5) is 36.0. The van der Waals surface area contributed by atoms with E-state index in [9.17, 15) is 19.7 Å². The zero-order valence-corrected chi connectivity index (χ0v) is 13.4. The van der Waals surface area contributed by atoms with Gasteiger partial charge in [-0.15, -0.1) is 0 Å². The second-order valence-corrected chi connectivity index (χ2v) is 5.73. The van der Waals surface area contributed by atoms with Crippen LogP contribution in [-0.4, -0.2) is 22.8 Å². The van der Waals surface area contributed by atoms with Gasteiger partial charge < -0.3 is 5.43 Å². The first kappa shape index (κ1) is 16.6. The van der Waals surface area contributed by atoms with Gasteiger partial charge in [0.15, 0.2) is 0 Å². The highest BCUT2D eigenvalue weighted by atomic mass is 16.6. The molecule has 1 atom stereocenters. The summed E-state index contributed by atoms with van der Waals surface area (Å²) in [5.74, 6) is -0.625. The number of carbonyl (C=O) groups is 2. The number of hydrogen-bond acceptors (Lipinski definition) is 6. The molecule has 0 aliphatic carbocycles. The maximum Gasteiger partial charge on any atom is 0.269 e. The van der Waals surface area contributed by atoms with Crippen molar-refractivity contribution < 1.29 is 14.5 Å². The van der Waals surface area contributed by atoms with Crippen molar-refractivity contribution in [3.63, 3.8) is 0 Å². The molecular weight excluding hydrogens is 324 g/mol. The second-order valence-electron chi connectivity index (χ2n) is 5.73. The number of benzene rings is 2. The molecule has 0 radical (unpaired) electrons. The molecule has 8 nitrogen and oxygen atoms in total. The number of nitro groups is 1. The van der Waals surface area contributed by atoms with Crippen LogP contribution >= 0.6 is 0 Å². The number of amides is 2. The summed E-state index contributed by atoms with van der Waals surface area (Å²) < 4.78 is 0. The van der Waals surface area contributed by atoms with E-state index >= 15 is 0 Å². The zero-order valence-electron chi connectivity index (χ0n) is 13.4. The van der Waals surface area contributed by atoms with Crippen LogP contribution in [0.15, 0.2) is 48.5 Å². The monoisotopic (exact) mass is 340 g/mol. The van der Waals surface area contributed by atoms with Crippen LogP contribution in [0, 0.1) is 17.0 Å². The Labute approximate surface area is 143 Å². The van der Waals surface area contributed by atoms with Gasteiger partial charge in [-0.05, 0) is 31.2 Å². The van der Waals surface area contributed by atoms with Crippen molar-refractivity contribution in [3.8, 4) is 0 Å². The van der Waals surface area contributed by atoms with Crippen molar-refractivity contribution in [2.24, 2.45) is 0 Å². The predicted octanol–water partition coefficient (Wildman–Crippen LogP) is 2.15. The standard InChI is InChI=1S/C17H16N4O4/c1-11-2-6-13(7-3-11)20-16(22)10-15(17(20)23)19-18-12-4-8-14(9-5-12)21(24)25/h2-9,15,18-19H,10H2,1H3/t15-/m1/s1. The number of nitro benzene ring substituents is 1. The molecule has 1 saturated heterocycles. The Morgan fingerprint density at radius 3 is 2.32 bits per heavy atom. The number of hydrogen-bond donors (Lipinski definition) is 2. The number of nitrogens with zero attached hydrogens (tertiary/aromatic N) is 2. The number of nitrogens with one attached hydrogen (secondary N) is 2. The largest absolute Gasteiger partial charge is 0.321 e. The fourth-order valence-electron chi connectivity index (χ4n) is 2.55. The van der Waals surface area contributed by atoms with Crippen molar-refractivity contribution in [2.45, 2.75) is 19.4 Å². The van der Waals surface area contributed by atoms with Crippen molar-refractivity contribution in [1.82, 2.24) is 5.43 Å². The Balaban J connectivity index is 1.66. The molecule has 128 valence electrons. The SMILES string of the molecule is Cc1ccc(N2C(=O)C[C@@H](NNc3ccc([N+](=O)[O-])cc3)C2=O)cc1. The van der Waals surface area contributed by atoms with Crippen LogP contribution in [-0.2, 0) is 9.59 Å². The molecule has 1 aliphatic rings. The van der Waals surface area contributed by atoms with Gasteiger partial charge in [-0.1, -0.05) is 17.7 Å². The first-order valence-corrected chi connectivity index (χ1v) is 7.65. The Morgan fingerprint density at radius 1 is 1.08 bits per heavy atom. The third-order valence-corrected chi connectivity index (χ3v) is 3.91. The van der Waals surface area contributed by atoms with Crippen molar-refractivity contribution in [2.75, 3.05) is 10.3 Å². The summed E-state index contributed by atoms with van der Waals surface area (Å²) in [5, 5.41) is 10.6. The number of rotatable bonds is 5. The third kappa shape index (κ3) is 3.48. The second kappa shape index (κ2) is 6.70. The van der Waals surface area contributed by atoms with Crippen LogP contribution in [0.4, 0.5) is 17.1 Å². The van der Waals surface area contributed by atoms with E-state index in [4.69, 9.17) is 0 Å². The van der Waals surface area contributed by atoms with Gasteiger partial charge in [-0.2, -0.15) is 0 Å². The number of carbonyl (C=O) groups excluding carboxylic acids is 2. The van der Waals surface area contributed by atoms with Gasteiger partial charge in [-0.25, -0.2) is 10.3 Å². The van der Waals surface area contributed by atoms with Gasteiger partial charge in [0.2, 0.25) is 5.91 Å². The van der Waals surface area contributed by atoms with Crippen LogP contribution < -0.4 is 15.8 Å². The summed E-state index contributed by atoms with van der Waals surface area (Å²) >= 11 is 0. The first-order valence-electron chi connectivity index (χ1n) is 7.65. The third-order valence-electron chi connectivity index (χ3n) is 3.91. The van der Waals surface area contributed by atoms with Crippen LogP contribution in [0.1, 0.15) is 12.0 Å². The first-order chi connectivity index (χ1) is 12.0. The van der Waals surface area contributed by atoms with E-state index in [1.165, 1.54) is 24.3 Å². The van der Waals surface area contributed by atoms with Crippen LogP contribution in [0.5, 0.6) is 0 Å². The smallest absolute Gasteiger partial charge is 0.269 e. The number of non-ortho nitro benzene ring substituents is 1. The Hall–Kier alpha value is -3.26. The molecule has 0 unspecified atom stereocenters. The highest BCUT2D eigenvalue weighted by Crippen LogP contribution is 2.23. The summed E-state index contributed by atoms with van der Waals surface area (Å²) in [6.07, 6.45) is 0.0344. The molecule has 8 heteroatoms. The van der Waals surface area contributed by atoms with Gasteiger partial charge >= 0.3 is 0 Å². The topological polar surface area (TPSA) is 105 Å². The highest BCUT2D eigenvalue weighted by Gasteiger charge is 2.39. The lowest BCUT2D eigenvalue weighted by Crippen LogP contribution is -2.41. The lowest BCUT2D eigenvalue weighted by Gasteiger charge is -2.16. The molecule has 1 aliphatic heterocycles. The predicted molar refractivity (Wildman–Crippen MR) is 91.9 cm³/mol. The molecule has 1 fully saturated rings. The summed E-state index contributed by atoms with van der Waals surface area (Å²) in [6.45, 7) is 1.93. The molecule has 0 bridgehead atoms.